The van der Waals surface area contributed by atoms with Crippen molar-refractivity contribution in [2.24, 2.45) is 5.92 Å². The molecule has 0 aromatic carbocycles. The number of aliphatic carboxylic acids is 1. The van der Waals surface area contributed by atoms with Crippen LogP contribution in [0.2, 0.25) is 0 Å². The van der Waals surface area contributed by atoms with Gasteiger partial charge in [0.15, 0.2) is 0 Å². The van der Waals surface area contributed by atoms with E-state index in [-0.39, 0.29) is 5.92 Å². The molecule has 0 aromatic heterocycles. The summed E-state index contributed by atoms with van der Waals surface area (Å²) in [4.78, 5) is 10.6. The average molecular weight is 324 g/mol. The highest BCUT2D eigenvalue weighted by molar-refractivity contribution is 5.66. The predicted molar refractivity (Wildman–Crippen MR) is 98.2 cm³/mol. The first-order chi connectivity index (χ1) is 11.2. The molecule has 1 unspecified atom stereocenters. The number of hydrogen-bond acceptors (Lipinski definition) is 2. The summed E-state index contributed by atoms with van der Waals surface area (Å²) in [6, 6.07) is 0. The predicted octanol–water partition coefficient (Wildman–Crippen LogP) is 5.80. The van der Waals surface area contributed by atoms with Crippen LogP contribution in [0, 0.1) is 5.92 Å². The quantitative estimate of drug-likeness (QED) is 0.251. The minimum atomic E-state index is -0.931. The van der Waals surface area contributed by atoms with Crippen LogP contribution in [0.1, 0.15) is 110 Å². The first-order valence-corrected chi connectivity index (χ1v) is 10.0. The van der Waals surface area contributed by atoms with Gasteiger partial charge in [-0.1, -0.05) is 96.6 Å². The lowest BCUT2D eigenvalue weighted by Gasteiger charge is -2.09. The van der Waals surface area contributed by atoms with Crippen LogP contribution in [0.15, 0.2) is 12.2 Å². The Morgan fingerprint density at radius 2 is 1.22 bits per heavy atom. The Balaban J connectivity index is 3.14. The Morgan fingerprint density at radius 1 is 0.783 bits per heavy atom. The van der Waals surface area contributed by atoms with E-state index in [2.05, 4.69) is 19.1 Å². The number of carboxylic acid groups (broad SMARTS) is 1. The van der Waals surface area contributed by atoms with Gasteiger partial charge in [0.05, 0.1) is 0 Å². The fourth-order valence-corrected chi connectivity index (χ4v) is 2.80. The number of carboxylic acids is 1. The monoisotopic (exact) mass is 323 g/mol. The molecule has 0 aliphatic heterocycles. The highest BCUT2D eigenvalue weighted by Gasteiger charge is 1.99. The number of rotatable bonds is 17. The van der Waals surface area contributed by atoms with Crippen molar-refractivity contribution in [2.45, 2.75) is 110 Å². The van der Waals surface area contributed by atoms with E-state index in [4.69, 9.17) is 0 Å². The molecule has 0 saturated carbocycles. The zero-order chi connectivity index (χ0) is 17.2. The molecule has 0 aliphatic carbocycles. The maximum atomic E-state index is 10.6. The molecule has 0 spiro atoms. The molecule has 1 atom stereocenters. The van der Waals surface area contributed by atoms with Crippen molar-refractivity contribution < 1.29 is 9.90 Å². The molecule has 0 rings (SSSR count). The van der Waals surface area contributed by atoms with Gasteiger partial charge in [0, 0.05) is 5.97 Å². The van der Waals surface area contributed by atoms with Gasteiger partial charge in [0.25, 0.3) is 0 Å². The molecular formula is C21H39O2-. The van der Waals surface area contributed by atoms with E-state index in [1.807, 2.05) is 0 Å². The molecule has 0 N–H and O–H groups in total. The molecular weight excluding hydrogens is 284 g/mol. The maximum absolute atomic E-state index is 10.6. The lowest BCUT2D eigenvalue weighted by Crippen LogP contribution is -2.29. The van der Waals surface area contributed by atoms with Crippen LogP contribution in [0.5, 0.6) is 0 Å². The highest BCUT2D eigenvalue weighted by Crippen LogP contribution is 2.12. The van der Waals surface area contributed by atoms with Crippen LogP contribution in [0.4, 0.5) is 0 Å². The van der Waals surface area contributed by atoms with Gasteiger partial charge in [-0.15, -0.1) is 0 Å². The van der Waals surface area contributed by atoms with E-state index in [1.165, 1.54) is 77.0 Å². The summed E-state index contributed by atoms with van der Waals surface area (Å²) in [7, 11) is 0. The summed E-state index contributed by atoms with van der Waals surface area (Å²) in [5.41, 5.74) is 0. The van der Waals surface area contributed by atoms with Crippen molar-refractivity contribution in [1.82, 2.24) is 0 Å². The minimum absolute atomic E-state index is 0.328. The fourth-order valence-electron chi connectivity index (χ4n) is 2.80. The molecule has 0 fully saturated rings. The highest BCUT2D eigenvalue weighted by atomic mass is 16.4. The Morgan fingerprint density at radius 3 is 1.70 bits per heavy atom. The maximum Gasteiger partial charge on any atom is 0.0442 e. The van der Waals surface area contributed by atoms with Crippen LogP contribution < -0.4 is 5.11 Å². The van der Waals surface area contributed by atoms with Gasteiger partial charge in [-0.3, -0.25) is 0 Å². The topological polar surface area (TPSA) is 40.1 Å². The second-order valence-corrected chi connectivity index (χ2v) is 6.95. The largest absolute Gasteiger partial charge is 0.550 e. The van der Waals surface area contributed by atoms with Crippen LogP contribution in [-0.4, -0.2) is 5.97 Å². The molecule has 2 heteroatoms. The SMILES string of the molecule is CCCCCCCCCCCCCC/C=C/CCC(C)C(=O)[O-]. The van der Waals surface area contributed by atoms with E-state index in [0.29, 0.717) is 6.42 Å². The lowest BCUT2D eigenvalue weighted by atomic mass is 10.0. The summed E-state index contributed by atoms with van der Waals surface area (Å²) in [6.45, 7) is 3.99. The number of unbranched alkanes of at least 4 members (excludes halogenated alkanes) is 12. The van der Waals surface area contributed by atoms with Crippen molar-refractivity contribution >= 4 is 5.97 Å². The third kappa shape index (κ3) is 17.4. The zero-order valence-electron chi connectivity index (χ0n) is 15.7. The van der Waals surface area contributed by atoms with Gasteiger partial charge >= 0.3 is 0 Å². The summed E-state index contributed by atoms with van der Waals surface area (Å²) >= 11 is 0. The zero-order valence-corrected chi connectivity index (χ0v) is 15.7. The van der Waals surface area contributed by atoms with Gasteiger partial charge in [-0.2, -0.15) is 0 Å². The van der Waals surface area contributed by atoms with Crippen LogP contribution in [0.25, 0.3) is 0 Å². The van der Waals surface area contributed by atoms with E-state index in [0.717, 1.165) is 12.8 Å². The van der Waals surface area contributed by atoms with Gasteiger partial charge in [0.1, 0.15) is 0 Å². The van der Waals surface area contributed by atoms with Gasteiger partial charge < -0.3 is 9.90 Å². The molecule has 0 radical (unpaired) electrons. The Kier molecular flexibility index (Phi) is 17.0. The third-order valence-corrected chi connectivity index (χ3v) is 4.56. The lowest BCUT2D eigenvalue weighted by molar-refractivity contribution is -0.311. The summed E-state index contributed by atoms with van der Waals surface area (Å²) in [6.07, 6.45) is 23.7. The van der Waals surface area contributed by atoms with E-state index < -0.39 is 5.97 Å². The number of carbonyl (C=O) groups excluding carboxylic acids is 1. The molecule has 0 aromatic rings. The molecule has 0 heterocycles. The van der Waals surface area contributed by atoms with Crippen molar-refractivity contribution in [3.05, 3.63) is 12.2 Å². The normalized spacial score (nSPS) is 12.8. The Bertz CT molecular complexity index is 284. The molecule has 0 saturated heterocycles. The smallest absolute Gasteiger partial charge is 0.0442 e. The van der Waals surface area contributed by atoms with Crippen molar-refractivity contribution in [1.29, 1.82) is 0 Å². The van der Waals surface area contributed by atoms with Crippen molar-refractivity contribution in [3.8, 4) is 0 Å². The number of allylic oxidation sites excluding steroid dienone is 2. The van der Waals surface area contributed by atoms with Crippen molar-refractivity contribution in [2.75, 3.05) is 0 Å². The van der Waals surface area contributed by atoms with Gasteiger partial charge in [-0.05, 0) is 31.6 Å². The Labute approximate surface area is 144 Å². The first kappa shape index (κ1) is 22.2. The standard InChI is InChI=1S/C21H40O2/c1-3-4-5-6-7-8-9-10-11-12-13-14-15-16-17-18-19-20(2)21(22)23/h16-17,20H,3-15,18-19H2,1-2H3,(H,22,23)/p-1/b17-16+. The molecule has 0 bridgehead atoms. The van der Waals surface area contributed by atoms with E-state index in [1.54, 1.807) is 6.92 Å². The molecule has 0 aliphatic rings. The minimum Gasteiger partial charge on any atom is -0.550 e. The summed E-state index contributed by atoms with van der Waals surface area (Å²) in [5, 5.41) is 10.6. The van der Waals surface area contributed by atoms with E-state index in [9.17, 15) is 9.90 Å². The first-order valence-electron chi connectivity index (χ1n) is 10.0. The van der Waals surface area contributed by atoms with Crippen LogP contribution in [-0.2, 0) is 4.79 Å². The molecule has 23 heavy (non-hydrogen) atoms. The van der Waals surface area contributed by atoms with E-state index >= 15 is 0 Å². The second kappa shape index (κ2) is 17.6. The molecule has 0 amide bonds. The Hall–Kier alpha value is -0.790. The molecule has 2 nitrogen and oxygen atoms in total. The average Bonchev–Trinajstić information content (AvgIpc) is 2.54. The van der Waals surface area contributed by atoms with Gasteiger partial charge in [0.2, 0.25) is 0 Å². The third-order valence-electron chi connectivity index (χ3n) is 4.56. The number of hydrogen-bond donors (Lipinski definition) is 0. The molecule has 136 valence electrons. The summed E-state index contributed by atoms with van der Waals surface area (Å²) in [5.74, 6) is -1.26. The van der Waals surface area contributed by atoms with Gasteiger partial charge in [-0.25, -0.2) is 0 Å². The fraction of sp³-hybridized carbons (Fsp3) is 0.857. The second-order valence-electron chi connectivity index (χ2n) is 6.95. The number of carbonyl (C=O) groups is 1. The summed E-state index contributed by atoms with van der Waals surface area (Å²) < 4.78 is 0. The van der Waals surface area contributed by atoms with Crippen LogP contribution >= 0.6 is 0 Å². The van der Waals surface area contributed by atoms with Crippen molar-refractivity contribution in [3.63, 3.8) is 0 Å². The van der Waals surface area contributed by atoms with Crippen LogP contribution in [0.3, 0.4) is 0 Å².